The number of fused-ring (bicyclic) bond motifs is 4. The number of rotatable bonds is 4. The summed E-state index contributed by atoms with van der Waals surface area (Å²) in [5, 5.41) is 1.31. The fourth-order valence-electron chi connectivity index (χ4n) is 5.89. The van der Waals surface area contributed by atoms with Crippen LogP contribution in [0.4, 0.5) is 5.82 Å². The third-order valence-electron chi connectivity index (χ3n) is 7.54. The average Bonchev–Trinajstić information content (AvgIpc) is 3.60. The first kappa shape index (κ1) is 20.9. The number of ether oxygens (including phenoxy) is 3. The molecule has 2 saturated heterocycles. The molecule has 0 N–H and O–H groups in total. The Morgan fingerprint density at radius 3 is 2.74 bits per heavy atom. The maximum atomic E-state index is 5.90. The Labute approximate surface area is 203 Å². The lowest BCUT2D eigenvalue weighted by molar-refractivity contribution is 0.0331. The van der Waals surface area contributed by atoms with Crippen molar-refractivity contribution >= 4 is 27.4 Å². The SMILES string of the molecule is c1cc2c(cc1C1CCCN1c1nc(CN3CCOCC3)nc3sc4c(c13)CCC4)OCCO2. The van der Waals surface area contributed by atoms with Crippen molar-refractivity contribution in [2.45, 2.75) is 44.7 Å². The molecule has 4 aliphatic rings. The van der Waals surface area contributed by atoms with Gasteiger partial charge in [-0.3, -0.25) is 4.90 Å². The van der Waals surface area contributed by atoms with Crippen LogP contribution < -0.4 is 14.4 Å². The Bertz CT molecular complexity index is 1220. The van der Waals surface area contributed by atoms with Crippen LogP contribution in [0.2, 0.25) is 0 Å². The molecule has 0 saturated carbocycles. The predicted molar refractivity (Wildman–Crippen MR) is 132 cm³/mol. The van der Waals surface area contributed by atoms with E-state index in [1.807, 2.05) is 11.3 Å². The van der Waals surface area contributed by atoms with E-state index in [-0.39, 0.29) is 0 Å². The highest BCUT2D eigenvalue weighted by Crippen LogP contribution is 2.45. The van der Waals surface area contributed by atoms with Crippen molar-refractivity contribution in [1.29, 1.82) is 0 Å². The lowest BCUT2D eigenvalue weighted by Crippen LogP contribution is -2.36. The van der Waals surface area contributed by atoms with Gasteiger partial charge in [0.15, 0.2) is 11.5 Å². The van der Waals surface area contributed by atoms with Crippen molar-refractivity contribution in [2.24, 2.45) is 0 Å². The monoisotopic (exact) mass is 478 g/mol. The normalized spacial score (nSPS) is 22.5. The summed E-state index contributed by atoms with van der Waals surface area (Å²) in [7, 11) is 0. The van der Waals surface area contributed by atoms with E-state index in [4.69, 9.17) is 24.2 Å². The quantitative estimate of drug-likeness (QED) is 0.559. The molecule has 0 amide bonds. The van der Waals surface area contributed by atoms with Crippen molar-refractivity contribution in [3.8, 4) is 11.5 Å². The lowest BCUT2D eigenvalue weighted by atomic mass is 10.0. The van der Waals surface area contributed by atoms with Crippen LogP contribution in [0.3, 0.4) is 0 Å². The third-order valence-corrected chi connectivity index (χ3v) is 8.72. The van der Waals surface area contributed by atoms with Gasteiger partial charge in [0.05, 0.1) is 31.2 Å². The molecule has 1 atom stereocenters. The van der Waals surface area contributed by atoms with Crippen LogP contribution in [0.15, 0.2) is 18.2 Å². The Kier molecular flexibility index (Phi) is 5.33. The number of aromatic nitrogens is 2. The molecule has 3 aromatic rings. The standard InChI is InChI=1S/C26H30N4O3S/c1-3-18-22(5-1)34-26-24(18)25(27-23(28-26)16-29-9-11-31-12-10-29)30-8-2-4-19(30)17-6-7-20-21(15-17)33-14-13-32-20/h6-7,15,19H,1-5,8-14,16H2. The second-order valence-electron chi connectivity index (χ2n) is 9.64. The van der Waals surface area contributed by atoms with Crippen LogP contribution in [0.25, 0.3) is 10.2 Å². The van der Waals surface area contributed by atoms with E-state index in [0.717, 1.165) is 81.8 Å². The average molecular weight is 479 g/mol. The highest BCUT2D eigenvalue weighted by Gasteiger charge is 2.33. The molecule has 7 rings (SSSR count). The van der Waals surface area contributed by atoms with Gasteiger partial charge in [0.25, 0.3) is 0 Å². The predicted octanol–water partition coefficient (Wildman–Crippen LogP) is 4.12. The first-order valence-corrected chi connectivity index (χ1v) is 13.4. The second kappa shape index (κ2) is 8.66. The van der Waals surface area contributed by atoms with Crippen LogP contribution in [-0.4, -0.2) is 60.9 Å². The molecule has 178 valence electrons. The minimum atomic E-state index is 0.294. The minimum absolute atomic E-state index is 0.294. The third kappa shape index (κ3) is 3.63. The minimum Gasteiger partial charge on any atom is -0.486 e. The lowest BCUT2D eigenvalue weighted by Gasteiger charge is -2.29. The molecule has 0 bridgehead atoms. The summed E-state index contributed by atoms with van der Waals surface area (Å²) >= 11 is 1.89. The molecule has 0 spiro atoms. The van der Waals surface area contributed by atoms with E-state index in [1.165, 1.54) is 39.1 Å². The summed E-state index contributed by atoms with van der Waals surface area (Å²) in [5.74, 6) is 3.81. The van der Waals surface area contributed by atoms with Gasteiger partial charge in [-0.05, 0) is 55.4 Å². The molecule has 1 aromatic carbocycles. The van der Waals surface area contributed by atoms with E-state index >= 15 is 0 Å². The van der Waals surface area contributed by atoms with Crippen molar-refractivity contribution in [1.82, 2.24) is 14.9 Å². The van der Waals surface area contributed by atoms with E-state index in [9.17, 15) is 0 Å². The van der Waals surface area contributed by atoms with Gasteiger partial charge in [-0.15, -0.1) is 11.3 Å². The van der Waals surface area contributed by atoms with Crippen molar-refractivity contribution in [2.75, 3.05) is 51.0 Å². The summed E-state index contributed by atoms with van der Waals surface area (Å²) in [6.07, 6.45) is 5.86. The van der Waals surface area contributed by atoms with E-state index in [2.05, 4.69) is 28.0 Å². The van der Waals surface area contributed by atoms with Crippen molar-refractivity contribution in [3.05, 3.63) is 40.0 Å². The van der Waals surface area contributed by atoms with Crippen LogP contribution >= 0.6 is 11.3 Å². The number of anilines is 1. The Morgan fingerprint density at radius 1 is 0.941 bits per heavy atom. The van der Waals surface area contributed by atoms with Gasteiger partial charge in [0.2, 0.25) is 0 Å². The largest absolute Gasteiger partial charge is 0.486 e. The fraction of sp³-hybridized carbons (Fsp3) is 0.538. The first-order chi connectivity index (χ1) is 16.8. The zero-order chi connectivity index (χ0) is 22.5. The summed E-state index contributed by atoms with van der Waals surface area (Å²) in [6, 6.07) is 6.76. The highest BCUT2D eigenvalue weighted by atomic mass is 32.1. The molecule has 2 aromatic heterocycles. The molecule has 0 radical (unpaired) electrons. The van der Waals surface area contributed by atoms with Gasteiger partial charge in [-0.2, -0.15) is 0 Å². The van der Waals surface area contributed by atoms with E-state index < -0.39 is 0 Å². The van der Waals surface area contributed by atoms with Crippen LogP contribution in [0.5, 0.6) is 11.5 Å². The molecular weight excluding hydrogens is 448 g/mol. The highest BCUT2D eigenvalue weighted by molar-refractivity contribution is 7.19. The van der Waals surface area contributed by atoms with Gasteiger partial charge >= 0.3 is 0 Å². The molecule has 8 heteroatoms. The van der Waals surface area contributed by atoms with E-state index in [1.54, 1.807) is 0 Å². The zero-order valence-electron chi connectivity index (χ0n) is 19.4. The number of morpholine rings is 1. The molecule has 1 unspecified atom stereocenters. The number of hydrogen-bond acceptors (Lipinski definition) is 8. The first-order valence-electron chi connectivity index (χ1n) is 12.6. The van der Waals surface area contributed by atoms with Crippen molar-refractivity contribution in [3.63, 3.8) is 0 Å². The topological polar surface area (TPSA) is 60.0 Å². The van der Waals surface area contributed by atoms with Gasteiger partial charge in [0.1, 0.15) is 29.7 Å². The van der Waals surface area contributed by atoms with Crippen molar-refractivity contribution < 1.29 is 14.2 Å². The second-order valence-corrected chi connectivity index (χ2v) is 10.7. The molecule has 7 nitrogen and oxygen atoms in total. The van der Waals surface area contributed by atoms with Crippen LogP contribution in [0.1, 0.15) is 47.1 Å². The number of aryl methyl sites for hydroxylation is 2. The van der Waals surface area contributed by atoms with Gasteiger partial charge < -0.3 is 19.1 Å². The smallest absolute Gasteiger partial charge is 0.161 e. The Morgan fingerprint density at radius 2 is 1.82 bits per heavy atom. The van der Waals surface area contributed by atoms with Crippen LogP contribution in [-0.2, 0) is 24.1 Å². The summed E-state index contributed by atoms with van der Waals surface area (Å²) in [6.45, 7) is 6.52. The number of hydrogen-bond donors (Lipinski definition) is 0. The Balaban J connectivity index is 1.29. The number of thiophene rings is 1. The molecule has 3 aliphatic heterocycles. The van der Waals surface area contributed by atoms with Crippen LogP contribution in [0, 0.1) is 0 Å². The number of benzene rings is 1. The van der Waals surface area contributed by atoms with Gasteiger partial charge in [-0.1, -0.05) is 6.07 Å². The molecule has 5 heterocycles. The van der Waals surface area contributed by atoms with Gasteiger partial charge in [0, 0.05) is 24.5 Å². The summed E-state index contributed by atoms with van der Waals surface area (Å²) < 4.78 is 17.2. The summed E-state index contributed by atoms with van der Waals surface area (Å²) in [4.78, 5) is 18.0. The fourth-order valence-corrected chi connectivity index (χ4v) is 7.17. The van der Waals surface area contributed by atoms with Gasteiger partial charge in [-0.25, -0.2) is 9.97 Å². The molecule has 2 fully saturated rings. The summed E-state index contributed by atoms with van der Waals surface area (Å²) in [5.41, 5.74) is 2.79. The number of nitrogens with zero attached hydrogens (tertiary/aromatic N) is 4. The maximum Gasteiger partial charge on any atom is 0.161 e. The maximum absolute atomic E-state index is 5.90. The molecular formula is C26H30N4O3S. The zero-order valence-corrected chi connectivity index (χ0v) is 20.2. The molecule has 1 aliphatic carbocycles. The van der Waals surface area contributed by atoms with E-state index in [0.29, 0.717) is 19.3 Å². The molecule has 34 heavy (non-hydrogen) atoms. The Hall–Kier alpha value is -2.42.